The lowest BCUT2D eigenvalue weighted by Gasteiger charge is -2.12. The van der Waals surface area contributed by atoms with Gasteiger partial charge in [0.05, 0.1) is 0 Å². The third kappa shape index (κ3) is 3.59. The summed E-state index contributed by atoms with van der Waals surface area (Å²) in [5, 5.41) is 7.92. The van der Waals surface area contributed by atoms with Gasteiger partial charge in [0.25, 0.3) is 0 Å². The smallest absolute Gasteiger partial charge is 0.150 e. The van der Waals surface area contributed by atoms with Gasteiger partial charge < -0.3 is 5.32 Å². The van der Waals surface area contributed by atoms with Crippen LogP contribution in [0.4, 0.5) is 0 Å². The molecule has 92 valence electrons. The second kappa shape index (κ2) is 6.63. The largest absolute Gasteiger partial charge is 0.314 e. The molecule has 16 heavy (non-hydrogen) atoms. The van der Waals surface area contributed by atoms with Gasteiger partial charge in [0.2, 0.25) is 0 Å². The summed E-state index contributed by atoms with van der Waals surface area (Å²) < 4.78 is 2.06. The maximum Gasteiger partial charge on any atom is 0.150 e. The molecule has 1 N–H and O–H groups in total. The number of aryl methyl sites for hydroxylation is 3. The van der Waals surface area contributed by atoms with Crippen LogP contribution in [-0.2, 0) is 19.4 Å². The van der Waals surface area contributed by atoms with Gasteiger partial charge in [-0.1, -0.05) is 20.8 Å². The van der Waals surface area contributed by atoms with Crippen molar-refractivity contribution in [3.63, 3.8) is 0 Å². The van der Waals surface area contributed by atoms with Gasteiger partial charge in [0.15, 0.2) is 5.82 Å². The van der Waals surface area contributed by atoms with E-state index in [1.54, 1.807) is 0 Å². The van der Waals surface area contributed by atoms with Crippen LogP contribution in [0.1, 0.15) is 45.8 Å². The summed E-state index contributed by atoms with van der Waals surface area (Å²) in [7, 11) is 0. The van der Waals surface area contributed by atoms with Gasteiger partial charge in [-0.25, -0.2) is 9.67 Å². The molecule has 1 atom stereocenters. The Kier molecular flexibility index (Phi) is 5.46. The monoisotopic (exact) mass is 224 g/mol. The molecule has 1 heterocycles. The molecule has 0 saturated heterocycles. The maximum absolute atomic E-state index is 4.51. The summed E-state index contributed by atoms with van der Waals surface area (Å²) in [6, 6.07) is 0.545. The summed E-state index contributed by atoms with van der Waals surface area (Å²) in [5.74, 6) is 2.08. The van der Waals surface area contributed by atoms with E-state index >= 15 is 0 Å². The number of nitrogens with one attached hydrogen (secondary N) is 1. The molecule has 0 aliphatic carbocycles. The normalized spacial score (nSPS) is 13.0. The average molecular weight is 224 g/mol. The predicted octanol–water partition coefficient (Wildman–Crippen LogP) is 1.79. The first-order chi connectivity index (χ1) is 7.71. The lowest BCUT2D eigenvalue weighted by Crippen LogP contribution is -2.27. The number of rotatable bonds is 7. The quantitative estimate of drug-likeness (QED) is 0.768. The van der Waals surface area contributed by atoms with E-state index in [2.05, 4.69) is 47.8 Å². The Balaban J connectivity index is 2.54. The molecule has 0 spiro atoms. The van der Waals surface area contributed by atoms with E-state index in [9.17, 15) is 0 Å². The van der Waals surface area contributed by atoms with Crippen LogP contribution in [0.15, 0.2) is 0 Å². The first-order valence-corrected chi connectivity index (χ1v) is 6.37. The molecule has 1 aromatic rings. The van der Waals surface area contributed by atoms with Crippen LogP contribution in [0, 0.1) is 0 Å². The second-order valence-corrected chi connectivity index (χ2v) is 4.12. The Morgan fingerprint density at radius 1 is 1.25 bits per heavy atom. The molecule has 0 fully saturated rings. The Morgan fingerprint density at radius 3 is 2.56 bits per heavy atom. The van der Waals surface area contributed by atoms with Crippen molar-refractivity contribution in [2.24, 2.45) is 0 Å². The fourth-order valence-electron chi connectivity index (χ4n) is 1.78. The van der Waals surface area contributed by atoms with E-state index < -0.39 is 0 Å². The highest BCUT2D eigenvalue weighted by Crippen LogP contribution is 2.03. The molecule has 0 bridgehead atoms. The van der Waals surface area contributed by atoms with Gasteiger partial charge in [-0.15, -0.1) is 0 Å². The van der Waals surface area contributed by atoms with Crippen molar-refractivity contribution >= 4 is 0 Å². The SMILES string of the molecule is CCNC(C)CCn1nc(CC)nc1CC. The topological polar surface area (TPSA) is 42.7 Å². The molecule has 4 heteroatoms. The van der Waals surface area contributed by atoms with Gasteiger partial charge in [0.1, 0.15) is 5.82 Å². The molecule has 0 radical (unpaired) electrons. The van der Waals surface area contributed by atoms with Crippen LogP contribution in [0.2, 0.25) is 0 Å². The first-order valence-electron chi connectivity index (χ1n) is 6.37. The summed E-state index contributed by atoms with van der Waals surface area (Å²) in [4.78, 5) is 4.50. The van der Waals surface area contributed by atoms with Crippen LogP contribution in [0.3, 0.4) is 0 Å². The minimum Gasteiger partial charge on any atom is -0.314 e. The van der Waals surface area contributed by atoms with E-state index in [-0.39, 0.29) is 0 Å². The Morgan fingerprint density at radius 2 is 2.00 bits per heavy atom. The molecule has 0 saturated carbocycles. The molecular formula is C12H24N4. The molecule has 0 aliphatic rings. The number of hydrogen-bond acceptors (Lipinski definition) is 3. The Bertz CT molecular complexity index is 306. The van der Waals surface area contributed by atoms with E-state index in [4.69, 9.17) is 0 Å². The zero-order valence-electron chi connectivity index (χ0n) is 11.0. The van der Waals surface area contributed by atoms with Gasteiger partial charge in [-0.05, 0) is 19.9 Å². The lowest BCUT2D eigenvalue weighted by molar-refractivity contribution is 0.457. The highest BCUT2D eigenvalue weighted by Gasteiger charge is 2.08. The van der Waals surface area contributed by atoms with Crippen LogP contribution in [0.5, 0.6) is 0 Å². The first kappa shape index (κ1) is 13.2. The molecular weight excluding hydrogens is 200 g/mol. The highest BCUT2D eigenvalue weighted by atomic mass is 15.3. The van der Waals surface area contributed by atoms with E-state index in [0.717, 1.165) is 44.0 Å². The van der Waals surface area contributed by atoms with Crippen LogP contribution in [0.25, 0.3) is 0 Å². The maximum atomic E-state index is 4.51. The second-order valence-electron chi connectivity index (χ2n) is 4.12. The molecule has 1 aromatic heterocycles. The average Bonchev–Trinajstić information content (AvgIpc) is 2.69. The molecule has 4 nitrogen and oxygen atoms in total. The van der Waals surface area contributed by atoms with E-state index in [1.165, 1.54) is 0 Å². The fourth-order valence-corrected chi connectivity index (χ4v) is 1.78. The van der Waals surface area contributed by atoms with Gasteiger partial charge >= 0.3 is 0 Å². The lowest BCUT2D eigenvalue weighted by atomic mass is 10.2. The number of hydrogen-bond donors (Lipinski definition) is 1. The van der Waals surface area contributed by atoms with Crippen molar-refractivity contribution < 1.29 is 0 Å². The van der Waals surface area contributed by atoms with E-state index in [0.29, 0.717) is 6.04 Å². The van der Waals surface area contributed by atoms with Crippen LogP contribution < -0.4 is 5.32 Å². The summed E-state index contributed by atoms with van der Waals surface area (Å²) in [6.07, 6.45) is 2.98. The zero-order chi connectivity index (χ0) is 12.0. The summed E-state index contributed by atoms with van der Waals surface area (Å²) in [6.45, 7) is 10.6. The van der Waals surface area contributed by atoms with Gasteiger partial charge in [-0.2, -0.15) is 5.10 Å². The standard InChI is InChI=1S/C12H24N4/c1-5-11-14-12(6-2)16(15-11)9-8-10(4)13-7-3/h10,13H,5-9H2,1-4H3. The van der Waals surface area contributed by atoms with Crippen molar-refractivity contribution in [3.05, 3.63) is 11.6 Å². The van der Waals surface area contributed by atoms with E-state index in [1.807, 2.05) is 0 Å². The Labute approximate surface area is 98.5 Å². The Hall–Kier alpha value is -0.900. The van der Waals surface area contributed by atoms with Crippen LogP contribution in [-0.4, -0.2) is 27.4 Å². The minimum absolute atomic E-state index is 0.545. The summed E-state index contributed by atoms with van der Waals surface area (Å²) in [5.41, 5.74) is 0. The van der Waals surface area contributed by atoms with Crippen molar-refractivity contribution in [2.45, 2.75) is 59.5 Å². The predicted molar refractivity (Wildman–Crippen MR) is 66.5 cm³/mol. The number of nitrogens with zero attached hydrogens (tertiary/aromatic N) is 3. The van der Waals surface area contributed by atoms with Crippen LogP contribution >= 0.6 is 0 Å². The zero-order valence-corrected chi connectivity index (χ0v) is 11.0. The highest BCUT2D eigenvalue weighted by molar-refractivity contribution is 4.92. The molecule has 1 unspecified atom stereocenters. The third-order valence-electron chi connectivity index (χ3n) is 2.75. The van der Waals surface area contributed by atoms with Crippen molar-refractivity contribution in [2.75, 3.05) is 6.54 Å². The number of aromatic nitrogens is 3. The minimum atomic E-state index is 0.545. The molecule has 0 amide bonds. The molecule has 0 aromatic carbocycles. The molecule has 0 aliphatic heterocycles. The fraction of sp³-hybridized carbons (Fsp3) is 0.833. The third-order valence-corrected chi connectivity index (χ3v) is 2.75. The van der Waals surface area contributed by atoms with Gasteiger partial charge in [0, 0.05) is 25.4 Å². The summed E-state index contributed by atoms with van der Waals surface area (Å²) >= 11 is 0. The van der Waals surface area contributed by atoms with Gasteiger partial charge in [-0.3, -0.25) is 0 Å². The van der Waals surface area contributed by atoms with Crippen molar-refractivity contribution in [1.82, 2.24) is 20.1 Å². The van der Waals surface area contributed by atoms with Crippen molar-refractivity contribution in [3.8, 4) is 0 Å². The molecule has 1 rings (SSSR count). The van der Waals surface area contributed by atoms with Crippen molar-refractivity contribution in [1.29, 1.82) is 0 Å².